The maximum absolute atomic E-state index is 12.2. The molecule has 0 fully saturated rings. The molecule has 4 rings (SSSR count). The minimum Gasteiger partial charge on any atom is -0.457 e. The van der Waals surface area contributed by atoms with Crippen molar-refractivity contribution in [2.45, 2.75) is 33.4 Å². The molecule has 3 aromatic heterocycles. The van der Waals surface area contributed by atoms with Gasteiger partial charge in [-0.25, -0.2) is 9.78 Å². The Morgan fingerprint density at radius 2 is 2.07 bits per heavy atom. The number of thiophene rings is 1. The van der Waals surface area contributed by atoms with Crippen molar-refractivity contribution < 1.29 is 13.9 Å². The number of aromatic amines is 1. The number of oxazole rings is 1. The van der Waals surface area contributed by atoms with Gasteiger partial charge in [0, 0.05) is 11.4 Å². The van der Waals surface area contributed by atoms with Crippen LogP contribution in [0.5, 0.6) is 0 Å². The lowest BCUT2D eigenvalue weighted by Crippen LogP contribution is -2.18. The molecule has 0 aliphatic carbocycles. The first-order chi connectivity index (χ1) is 13.4. The lowest BCUT2D eigenvalue weighted by atomic mass is 10.2. The van der Waals surface area contributed by atoms with Gasteiger partial charge in [0.25, 0.3) is 5.56 Å². The van der Waals surface area contributed by atoms with E-state index in [9.17, 15) is 14.4 Å². The molecule has 0 spiro atoms. The van der Waals surface area contributed by atoms with Crippen LogP contribution in [0.1, 0.15) is 22.7 Å². The molecule has 1 N–H and O–H groups in total. The monoisotopic (exact) mass is 399 g/mol. The van der Waals surface area contributed by atoms with Crippen LogP contribution in [-0.2, 0) is 22.7 Å². The second kappa shape index (κ2) is 7.08. The standard InChI is InChI=1S/C19H17N3O5S/c1-10-11(2)28-18-16(10)17(24)20-14(21-18)9-26-15(23)7-8-22-12-5-3-4-6-13(12)27-19(22)25/h3-6H,7-9H2,1-2H3,(H,20,21,24). The Balaban J connectivity index is 1.43. The van der Waals surface area contributed by atoms with Gasteiger partial charge in [-0.3, -0.25) is 14.2 Å². The molecule has 9 heteroatoms. The number of aromatic nitrogens is 3. The van der Waals surface area contributed by atoms with Crippen molar-refractivity contribution in [3.8, 4) is 0 Å². The van der Waals surface area contributed by atoms with Crippen LogP contribution in [0.2, 0.25) is 0 Å². The number of H-pyrrole nitrogens is 1. The molecule has 8 nitrogen and oxygen atoms in total. The van der Waals surface area contributed by atoms with Crippen LogP contribution in [-0.4, -0.2) is 20.5 Å². The number of aryl methyl sites for hydroxylation is 3. The number of hydrogen-bond donors (Lipinski definition) is 1. The molecule has 0 aliphatic rings. The highest BCUT2D eigenvalue weighted by Crippen LogP contribution is 2.25. The van der Waals surface area contributed by atoms with E-state index in [1.54, 1.807) is 24.3 Å². The van der Waals surface area contributed by atoms with Gasteiger partial charge < -0.3 is 14.1 Å². The van der Waals surface area contributed by atoms with Crippen LogP contribution >= 0.6 is 11.3 Å². The predicted molar refractivity (Wildman–Crippen MR) is 105 cm³/mol. The number of ether oxygens (including phenoxy) is 1. The summed E-state index contributed by atoms with van der Waals surface area (Å²) in [5.74, 6) is -0.731. The summed E-state index contributed by atoms with van der Waals surface area (Å²) < 4.78 is 11.7. The number of nitrogens with one attached hydrogen (secondary N) is 1. The number of hydrogen-bond acceptors (Lipinski definition) is 7. The Bertz CT molecular complexity index is 1310. The van der Waals surface area contributed by atoms with Gasteiger partial charge in [0.05, 0.1) is 17.3 Å². The predicted octanol–water partition coefficient (Wildman–Crippen LogP) is 2.64. The lowest BCUT2D eigenvalue weighted by Gasteiger charge is -2.05. The molecule has 0 bridgehead atoms. The molecule has 0 radical (unpaired) electrons. The van der Waals surface area contributed by atoms with Gasteiger partial charge in [0.1, 0.15) is 17.3 Å². The smallest absolute Gasteiger partial charge is 0.419 e. The third kappa shape index (κ3) is 3.24. The fourth-order valence-electron chi connectivity index (χ4n) is 3.02. The van der Waals surface area contributed by atoms with Crippen molar-refractivity contribution in [1.29, 1.82) is 0 Å². The van der Waals surface area contributed by atoms with E-state index in [1.807, 2.05) is 13.8 Å². The topological polar surface area (TPSA) is 107 Å². The summed E-state index contributed by atoms with van der Waals surface area (Å²) >= 11 is 1.43. The Morgan fingerprint density at radius 1 is 1.29 bits per heavy atom. The average Bonchev–Trinajstić information content (AvgIpc) is 3.14. The van der Waals surface area contributed by atoms with Crippen molar-refractivity contribution in [2.75, 3.05) is 0 Å². The number of carbonyl (C=O) groups excluding carboxylic acids is 1. The van der Waals surface area contributed by atoms with Gasteiger partial charge in [0.2, 0.25) is 0 Å². The Morgan fingerprint density at radius 3 is 2.89 bits per heavy atom. The van der Waals surface area contributed by atoms with Crippen LogP contribution in [0.3, 0.4) is 0 Å². The average molecular weight is 399 g/mol. The molecule has 0 aliphatic heterocycles. The zero-order valence-corrected chi connectivity index (χ0v) is 16.1. The van der Waals surface area contributed by atoms with Gasteiger partial charge in [-0.05, 0) is 31.5 Å². The first kappa shape index (κ1) is 18.2. The summed E-state index contributed by atoms with van der Waals surface area (Å²) in [5.41, 5.74) is 1.77. The first-order valence-corrected chi connectivity index (χ1v) is 9.48. The Kier molecular flexibility index (Phi) is 4.60. The van der Waals surface area contributed by atoms with E-state index >= 15 is 0 Å². The molecule has 0 saturated carbocycles. The SMILES string of the molecule is Cc1sc2nc(COC(=O)CCn3c(=O)oc4ccccc43)[nH]c(=O)c2c1C. The zero-order valence-electron chi connectivity index (χ0n) is 15.3. The fourth-order valence-corrected chi connectivity index (χ4v) is 4.07. The normalized spacial score (nSPS) is 11.4. The highest BCUT2D eigenvalue weighted by Gasteiger charge is 2.14. The van der Waals surface area contributed by atoms with E-state index in [-0.39, 0.29) is 31.0 Å². The Labute approximate surface area is 162 Å². The van der Waals surface area contributed by atoms with Crippen LogP contribution < -0.4 is 11.3 Å². The molecule has 3 heterocycles. The van der Waals surface area contributed by atoms with Gasteiger partial charge >= 0.3 is 11.7 Å². The highest BCUT2D eigenvalue weighted by molar-refractivity contribution is 7.18. The maximum atomic E-state index is 12.2. The second-order valence-electron chi connectivity index (χ2n) is 6.37. The third-order valence-electron chi connectivity index (χ3n) is 4.57. The van der Waals surface area contributed by atoms with E-state index in [4.69, 9.17) is 9.15 Å². The summed E-state index contributed by atoms with van der Waals surface area (Å²) in [6.07, 6.45) is -0.00682. The summed E-state index contributed by atoms with van der Waals surface area (Å²) in [6.45, 7) is 3.82. The number of carbonyl (C=O) groups is 1. The molecule has 0 atom stereocenters. The van der Waals surface area contributed by atoms with Crippen LogP contribution in [0.25, 0.3) is 21.3 Å². The van der Waals surface area contributed by atoms with E-state index in [2.05, 4.69) is 9.97 Å². The summed E-state index contributed by atoms with van der Waals surface area (Å²) in [6, 6.07) is 7.00. The number of nitrogens with zero attached hydrogens (tertiary/aromatic N) is 2. The van der Waals surface area contributed by atoms with Crippen LogP contribution in [0.15, 0.2) is 38.3 Å². The molecule has 0 amide bonds. The number of para-hydroxylation sites is 2. The van der Waals surface area contributed by atoms with Crippen molar-refractivity contribution in [3.05, 3.63) is 61.4 Å². The highest BCUT2D eigenvalue weighted by atomic mass is 32.1. The van der Waals surface area contributed by atoms with Crippen molar-refractivity contribution >= 4 is 38.6 Å². The summed E-state index contributed by atoms with van der Waals surface area (Å²) in [7, 11) is 0. The van der Waals surface area contributed by atoms with Crippen molar-refractivity contribution in [3.63, 3.8) is 0 Å². The van der Waals surface area contributed by atoms with E-state index in [0.717, 1.165) is 10.4 Å². The first-order valence-electron chi connectivity index (χ1n) is 8.67. The fraction of sp³-hybridized carbons (Fsp3) is 0.263. The molecular formula is C19H17N3O5S. The molecule has 28 heavy (non-hydrogen) atoms. The van der Waals surface area contributed by atoms with Gasteiger partial charge in [-0.1, -0.05) is 12.1 Å². The number of rotatable bonds is 5. The molecule has 0 unspecified atom stereocenters. The number of esters is 1. The second-order valence-corrected chi connectivity index (χ2v) is 7.58. The minimum atomic E-state index is -0.520. The van der Waals surface area contributed by atoms with E-state index in [1.165, 1.54) is 15.9 Å². The summed E-state index contributed by atoms with van der Waals surface area (Å²) in [5, 5.41) is 0.573. The largest absolute Gasteiger partial charge is 0.457 e. The lowest BCUT2D eigenvalue weighted by molar-refractivity contribution is -0.145. The molecule has 1 aromatic carbocycles. The number of fused-ring (bicyclic) bond motifs is 2. The Hall–Kier alpha value is -3.20. The van der Waals surface area contributed by atoms with Gasteiger partial charge in [-0.15, -0.1) is 11.3 Å². The van der Waals surface area contributed by atoms with Crippen molar-refractivity contribution in [2.24, 2.45) is 0 Å². The molecule has 144 valence electrons. The van der Waals surface area contributed by atoms with E-state index in [0.29, 0.717) is 21.3 Å². The maximum Gasteiger partial charge on any atom is 0.419 e. The van der Waals surface area contributed by atoms with Gasteiger partial charge in [-0.2, -0.15) is 0 Å². The van der Waals surface area contributed by atoms with Crippen LogP contribution in [0, 0.1) is 13.8 Å². The van der Waals surface area contributed by atoms with Gasteiger partial charge in [0.15, 0.2) is 5.58 Å². The van der Waals surface area contributed by atoms with Crippen molar-refractivity contribution in [1.82, 2.24) is 14.5 Å². The number of benzene rings is 1. The molecular weight excluding hydrogens is 382 g/mol. The third-order valence-corrected chi connectivity index (χ3v) is 5.67. The quantitative estimate of drug-likeness (QED) is 0.517. The van der Waals surface area contributed by atoms with E-state index < -0.39 is 11.7 Å². The summed E-state index contributed by atoms with van der Waals surface area (Å²) in [4.78, 5) is 44.9. The molecule has 4 aromatic rings. The minimum absolute atomic E-state index is 0.00682. The zero-order chi connectivity index (χ0) is 19.8. The van der Waals surface area contributed by atoms with Crippen LogP contribution in [0.4, 0.5) is 0 Å². The molecule has 0 saturated heterocycles.